The highest BCUT2D eigenvalue weighted by atomic mass is 79.9. The molecule has 1 aliphatic rings. The zero-order valence-corrected chi connectivity index (χ0v) is 9.40. The Bertz CT molecular complexity index is 319. The summed E-state index contributed by atoms with van der Waals surface area (Å²) in [7, 11) is 0. The van der Waals surface area contributed by atoms with Crippen LogP contribution < -0.4 is 5.84 Å². The summed E-state index contributed by atoms with van der Waals surface area (Å²) in [5, 5.41) is 1.80. The molecule has 1 saturated heterocycles. The lowest BCUT2D eigenvalue weighted by Gasteiger charge is -2.29. The van der Waals surface area contributed by atoms with Crippen molar-refractivity contribution in [3.05, 3.63) is 34.3 Å². The van der Waals surface area contributed by atoms with Gasteiger partial charge in [-0.15, -0.1) is 0 Å². The van der Waals surface area contributed by atoms with Crippen LogP contribution in [0.2, 0.25) is 0 Å². The molecule has 1 aromatic rings. The van der Waals surface area contributed by atoms with Gasteiger partial charge in [-0.1, -0.05) is 28.1 Å². The lowest BCUT2D eigenvalue weighted by molar-refractivity contribution is -0.0304. The largest absolute Gasteiger partial charge is 0.371 e. The normalized spacial score (nSPS) is 23.7. The van der Waals surface area contributed by atoms with Gasteiger partial charge in [0.2, 0.25) is 0 Å². The molecular weight excluding hydrogens is 244 g/mol. The van der Waals surface area contributed by atoms with Crippen molar-refractivity contribution >= 4 is 15.9 Å². The molecule has 3 nitrogen and oxygen atoms in total. The summed E-state index contributed by atoms with van der Waals surface area (Å²) >= 11 is 3.44. The summed E-state index contributed by atoms with van der Waals surface area (Å²) in [6.07, 6.45) is 0.103. The molecule has 0 saturated carbocycles. The van der Waals surface area contributed by atoms with Crippen molar-refractivity contribution in [3.63, 3.8) is 0 Å². The molecule has 76 valence electrons. The standard InChI is InChI=1S/C10H13BrN2O/c11-9-3-1-2-8(6-9)10-7-13(12)4-5-14-10/h1-3,6,10H,4-5,7,12H2. The van der Waals surface area contributed by atoms with E-state index in [1.807, 2.05) is 12.1 Å². The molecule has 0 aromatic heterocycles. The van der Waals surface area contributed by atoms with Gasteiger partial charge in [0.05, 0.1) is 12.7 Å². The van der Waals surface area contributed by atoms with E-state index in [1.54, 1.807) is 5.01 Å². The Morgan fingerprint density at radius 2 is 2.36 bits per heavy atom. The van der Waals surface area contributed by atoms with E-state index in [-0.39, 0.29) is 6.10 Å². The van der Waals surface area contributed by atoms with E-state index >= 15 is 0 Å². The van der Waals surface area contributed by atoms with Crippen molar-refractivity contribution in [2.45, 2.75) is 6.10 Å². The van der Waals surface area contributed by atoms with Crippen LogP contribution in [0.3, 0.4) is 0 Å². The number of hydrogen-bond acceptors (Lipinski definition) is 3. The van der Waals surface area contributed by atoms with E-state index in [0.29, 0.717) is 6.61 Å². The zero-order valence-electron chi connectivity index (χ0n) is 7.82. The van der Waals surface area contributed by atoms with Gasteiger partial charge in [0.15, 0.2) is 0 Å². The van der Waals surface area contributed by atoms with E-state index in [0.717, 1.165) is 17.6 Å². The van der Waals surface area contributed by atoms with Gasteiger partial charge in [-0.25, -0.2) is 5.01 Å². The van der Waals surface area contributed by atoms with E-state index in [2.05, 4.69) is 28.1 Å². The molecule has 2 rings (SSSR count). The second kappa shape index (κ2) is 4.40. The molecule has 0 aliphatic carbocycles. The zero-order chi connectivity index (χ0) is 9.97. The lowest BCUT2D eigenvalue weighted by Crippen LogP contribution is -2.42. The molecule has 1 unspecified atom stereocenters. The maximum absolute atomic E-state index is 5.74. The van der Waals surface area contributed by atoms with Gasteiger partial charge in [0, 0.05) is 17.6 Å². The van der Waals surface area contributed by atoms with Gasteiger partial charge in [-0.3, -0.25) is 5.84 Å². The highest BCUT2D eigenvalue weighted by molar-refractivity contribution is 9.10. The Balaban J connectivity index is 2.14. The minimum atomic E-state index is 0.103. The molecule has 0 radical (unpaired) electrons. The average molecular weight is 257 g/mol. The summed E-state index contributed by atoms with van der Waals surface area (Å²) in [4.78, 5) is 0. The molecule has 1 aliphatic heterocycles. The molecule has 0 amide bonds. The fourth-order valence-electron chi connectivity index (χ4n) is 1.58. The molecule has 14 heavy (non-hydrogen) atoms. The maximum atomic E-state index is 5.74. The number of nitrogens with two attached hydrogens (primary N) is 1. The minimum Gasteiger partial charge on any atom is -0.371 e. The van der Waals surface area contributed by atoms with Gasteiger partial charge >= 0.3 is 0 Å². The number of nitrogens with zero attached hydrogens (tertiary/aromatic N) is 1. The van der Waals surface area contributed by atoms with E-state index < -0.39 is 0 Å². The fourth-order valence-corrected chi connectivity index (χ4v) is 1.99. The van der Waals surface area contributed by atoms with Crippen molar-refractivity contribution in [3.8, 4) is 0 Å². The summed E-state index contributed by atoms with van der Waals surface area (Å²) < 4.78 is 6.72. The Morgan fingerprint density at radius 1 is 1.50 bits per heavy atom. The SMILES string of the molecule is NN1CCOC(c2cccc(Br)c2)C1. The van der Waals surface area contributed by atoms with Crippen LogP contribution >= 0.6 is 15.9 Å². The number of morpholine rings is 1. The molecule has 4 heteroatoms. The van der Waals surface area contributed by atoms with Crippen molar-refractivity contribution in [1.82, 2.24) is 5.01 Å². The Kier molecular flexibility index (Phi) is 3.18. The van der Waals surface area contributed by atoms with Gasteiger partial charge in [0.25, 0.3) is 0 Å². The predicted molar refractivity (Wildman–Crippen MR) is 58.6 cm³/mol. The minimum absolute atomic E-state index is 0.103. The van der Waals surface area contributed by atoms with Crippen LogP contribution in [0.15, 0.2) is 28.7 Å². The number of ether oxygens (including phenoxy) is 1. The third-order valence-corrected chi connectivity index (χ3v) is 2.81. The second-order valence-electron chi connectivity index (χ2n) is 3.41. The smallest absolute Gasteiger partial charge is 0.0966 e. The first-order valence-electron chi connectivity index (χ1n) is 4.62. The maximum Gasteiger partial charge on any atom is 0.0966 e. The highest BCUT2D eigenvalue weighted by Gasteiger charge is 2.19. The quantitative estimate of drug-likeness (QED) is 0.778. The third-order valence-electron chi connectivity index (χ3n) is 2.32. The molecule has 1 fully saturated rings. The predicted octanol–water partition coefficient (Wildman–Crippen LogP) is 1.70. The topological polar surface area (TPSA) is 38.5 Å². The van der Waals surface area contributed by atoms with Crippen LogP contribution in [-0.2, 0) is 4.74 Å². The number of hydrazine groups is 1. The molecule has 0 bridgehead atoms. The number of benzene rings is 1. The summed E-state index contributed by atoms with van der Waals surface area (Å²) in [6, 6.07) is 8.16. The number of rotatable bonds is 1. The van der Waals surface area contributed by atoms with Crippen LogP contribution in [0, 0.1) is 0 Å². The lowest BCUT2D eigenvalue weighted by atomic mass is 10.1. The van der Waals surface area contributed by atoms with E-state index in [1.165, 1.54) is 5.56 Å². The van der Waals surface area contributed by atoms with E-state index in [9.17, 15) is 0 Å². The Labute approximate surface area is 91.9 Å². The van der Waals surface area contributed by atoms with Crippen molar-refractivity contribution in [2.24, 2.45) is 5.84 Å². The van der Waals surface area contributed by atoms with Crippen LogP contribution in [0.1, 0.15) is 11.7 Å². The molecular formula is C10H13BrN2O. The summed E-state index contributed by atoms with van der Waals surface area (Å²) in [6.45, 7) is 2.27. The van der Waals surface area contributed by atoms with Gasteiger partial charge in [-0.2, -0.15) is 0 Å². The summed E-state index contributed by atoms with van der Waals surface area (Å²) in [5.74, 6) is 5.74. The molecule has 2 N–H and O–H groups in total. The Morgan fingerprint density at radius 3 is 3.07 bits per heavy atom. The first kappa shape index (κ1) is 10.1. The number of halogens is 1. The van der Waals surface area contributed by atoms with Gasteiger partial charge in [0.1, 0.15) is 0 Å². The van der Waals surface area contributed by atoms with Crippen LogP contribution in [-0.4, -0.2) is 24.7 Å². The van der Waals surface area contributed by atoms with Gasteiger partial charge in [-0.05, 0) is 17.7 Å². The Hall–Kier alpha value is -0.420. The average Bonchev–Trinajstić information content (AvgIpc) is 2.18. The van der Waals surface area contributed by atoms with Crippen LogP contribution in [0.4, 0.5) is 0 Å². The van der Waals surface area contributed by atoms with Crippen molar-refractivity contribution in [1.29, 1.82) is 0 Å². The molecule has 0 spiro atoms. The van der Waals surface area contributed by atoms with E-state index in [4.69, 9.17) is 10.6 Å². The van der Waals surface area contributed by atoms with Crippen molar-refractivity contribution < 1.29 is 4.74 Å². The molecule has 1 heterocycles. The monoisotopic (exact) mass is 256 g/mol. The molecule has 1 atom stereocenters. The third kappa shape index (κ3) is 2.33. The summed E-state index contributed by atoms with van der Waals surface area (Å²) in [5.41, 5.74) is 1.18. The highest BCUT2D eigenvalue weighted by Crippen LogP contribution is 2.23. The number of hydrogen-bond donors (Lipinski definition) is 1. The first-order valence-corrected chi connectivity index (χ1v) is 5.42. The fraction of sp³-hybridized carbons (Fsp3) is 0.400. The van der Waals surface area contributed by atoms with Crippen LogP contribution in [0.25, 0.3) is 0 Å². The van der Waals surface area contributed by atoms with Crippen LogP contribution in [0.5, 0.6) is 0 Å². The first-order chi connectivity index (χ1) is 6.75. The van der Waals surface area contributed by atoms with Crippen molar-refractivity contribution in [2.75, 3.05) is 19.7 Å². The van der Waals surface area contributed by atoms with Gasteiger partial charge < -0.3 is 4.74 Å². The second-order valence-corrected chi connectivity index (χ2v) is 4.33. The molecule has 1 aromatic carbocycles.